The molecule has 3 aromatic rings. The molecule has 3 rings (SSSR count). The summed E-state index contributed by atoms with van der Waals surface area (Å²) in [4.78, 5) is 0. The Bertz CT molecular complexity index is 768. The van der Waals surface area contributed by atoms with Gasteiger partial charge in [-0.25, -0.2) is 0 Å². The molecule has 2 N–H and O–H groups in total. The molecule has 0 saturated carbocycles. The standard InChI is InChI=1S/C17H13Cl2N/c18-14-7-8-15(16(19)10-14)17(20)13-6-5-11-3-1-2-4-12(11)9-13/h1-10,17H,20H2. The van der Waals surface area contributed by atoms with Crippen molar-refractivity contribution >= 4 is 34.0 Å². The number of benzene rings is 3. The number of rotatable bonds is 2. The zero-order chi connectivity index (χ0) is 14.1. The van der Waals surface area contributed by atoms with Crippen LogP contribution in [-0.2, 0) is 0 Å². The van der Waals surface area contributed by atoms with Crippen molar-refractivity contribution in [3.63, 3.8) is 0 Å². The van der Waals surface area contributed by atoms with E-state index in [0.29, 0.717) is 10.0 Å². The molecule has 0 aliphatic heterocycles. The van der Waals surface area contributed by atoms with E-state index in [1.165, 1.54) is 10.8 Å². The Balaban J connectivity index is 2.05. The van der Waals surface area contributed by atoms with Gasteiger partial charge in [-0.2, -0.15) is 0 Å². The second-order valence-corrected chi connectivity index (χ2v) is 5.59. The number of hydrogen-bond acceptors (Lipinski definition) is 1. The number of hydrogen-bond donors (Lipinski definition) is 1. The topological polar surface area (TPSA) is 26.0 Å². The third kappa shape index (κ3) is 2.53. The normalized spacial score (nSPS) is 12.6. The van der Waals surface area contributed by atoms with E-state index >= 15 is 0 Å². The van der Waals surface area contributed by atoms with Gasteiger partial charge < -0.3 is 5.73 Å². The Kier molecular flexibility index (Phi) is 3.66. The van der Waals surface area contributed by atoms with Gasteiger partial charge in [-0.15, -0.1) is 0 Å². The molecule has 0 heterocycles. The molecule has 0 aliphatic carbocycles. The minimum absolute atomic E-state index is 0.260. The molecule has 0 bridgehead atoms. The first-order valence-electron chi connectivity index (χ1n) is 6.34. The van der Waals surface area contributed by atoms with Crippen LogP contribution in [0.4, 0.5) is 0 Å². The molecule has 1 atom stereocenters. The maximum absolute atomic E-state index is 6.33. The fourth-order valence-corrected chi connectivity index (χ4v) is 2.86. The number of nitrogens with two attached hydrogens (primary N) is 1. The predicted molar refractivity (Wildman–Crippen MR) is 86.4 cm³/mol. The Morgan fingerprint density at radius 1 is 0.800 bits per heavy atom. The molecular weight excluding hydrogens is 289 g/mol. The smallest absolute Gasteiger partial charge is 0.0566 e. The van der Waals surface area contributed by atoms with Crippen molar-refractivity contribution in [3.8, 4) is 0 Å². The summed E-state index contributed by atoms with van der Waals surface area (Å²) in [6.07, 6.45) is 0. The second-order valence-electron chi connectivity index (χ2n) is 4.75. The zero-order valence-electron chi connectivity index (χ0n) is 10.7. The highest BCUT2D eigenvalue weighted by Crippen LogP contribution is 2.30. The van der Waals surface area contributed by atoms with Crippen LogP contribution < -0.4 is 5.73 Å². The predicted octanol–water partition coefficient (Wildman–Crippen LogP) is 5.19. The fourth-order valence-electron chi connectivity index (χ4n) is 2.33. The number of halogens is 2. The van der Waals surface area contributed by atoms with Gasteiger partial charge in [-0.1, -0.05) is 65.7 Å². The lowest BCUT2D eigenvalue weighted by Gasteiger charge is -2.15. The molecule has 3 heteroatoms. The molecule has 0 fully saturated rings. The molecule has 100 valence electrons. The van der Waals surface area contributed by atoms with Crippen molar-refractivity contribution < 1.29 is 0 Å². The lowest BCUT2D eigenvalue weighted by atomic mass is 9.97. The Hall–Kier alpha value is -1.54. The first-order chi connectivity index (χ1) is 9.65. The highest BCUT2D eigenvalue weighted by Gasteiger charge is 2.13. The molecule has 0 radical (unpaired) electrons. The van der Waals surface area contributed by atoms with Gasteiger partial charge in [0.05, 0.1) is 6.04 Å². The first kappa shape index (κ1) is 13.4. The fraction of sp³-hybridized carbons (Fsp3) is 0.0588. The largest absolute Gasteiger partial charge is 0.320 e. The van der Waals surface area contributed by atoms with Crippen molar-refractivity contribution in [2.45, 2.75) is 6.04 Å². The summed E-state index contributed by atoms with van der Waals surface area (Å²) in [6.45, 7) is 0. The zero-order valence-corrected chi connectivity index (χ0v) is 12.2. The SMILES string of the molecule is NC(c1ccc2ccccc2c1)c1ccc(Cl)cc1Cl. The molecule has 0 aliphatic rings. The average Bonchev–Trinajstić information content (AvgIpc) is 2.46. The summed E-state index contributed by atoms with van der Waals surface area (Å²) in [5, 5.41) is 3.58. The van der Waals surface area contributed by atoms with Crippen LogP contribution in [0.25, 0.3) is 10.8 Å². The molecule has 0 spiro atoms. The monoisotopic (exact) mass is 301 g/mol. The quantitative estimate of drug-likeness (QED) is 0.692. The van der Waals surface area contributed by atoms with E-state index in [4.69, 9.17) is 28.9 Å². The van der Waals surface area contributed by atoms with E-state index in [-0.39, 0.29) is 6.04 Å². The van der Waals surface area contributed by atoms with Crippen molar-refractivity contribution in [1.82, 2.24) is 0 Å². The Morgan fingerprint density at radius 2 is 1.55 bits per heavy atom. The molecular formula is C17H13Cl2N. The van der Waals surface area contributed by atoms with Crippen LogP contribution in [-0.4, -0.2) is 0 Å². The lowest BCUT2D eigenvalue weighted by molar-refractivity contribution is 0.874. The Labute approximate surface area is 127 Å². The van der Waals surface area contributed by atoms with Crippen molar-refractivity contribution in [2.75, 3.05) is 0 Å². The van der Waals surface area contributed by atoms with Gasteiger partial charge in [-0.05, 0) is 40.1 Å². The third-order valence-corrected chi connectivity index (χ3v) is 3.99. The van der Waals surface area contributed by atoms with E-state index in [1.54, 1.807) is 6.07 Å². The first-order valence-corrected chi connectivity index (χ1v) is 7.10. The molecule has 1 unspecified atom stereocenters. The van der Waals surface area contributed by atoms with Crippen LogP contribution in [0.1, 0.15) is 17.2 Å². The van der Waals surface area contributed by atoms with Gasteiger partial charge in [0.1, 0.15) is 0 Å². The molecule has 0 saturated heterocycles. The van der Waals surface area contributed by atoms with Crippen molar-refractivity contribution in [2.24, 2.45) is 5.73 Å². The van der Waals surface area contributed by atoms with Crippen LogP contribution in [0.2, 0.25) is 10.0 Å². The van der Waals surface area contributed by atoms with E-state index in [9.17, 15) is 0 Å². The van der Waals surface area contributed by atoms with Crippen molar-refractivity contribution in [3.05, 3.63) is 81.8 Å². The highest BCUT2D eigenvalue weighted by atomic mass is 35.5. The summed E-state index contributed by atoms with van der Waals surface area (Å²) < 4.78 is 0. The van der Waals surface area contributed by atoms with Gasteiger partial charge in [0, 0.05) is 10.0 Å². The minimum Gasteiger partial charge on any atom is -0.320 e. The van der Waals surface area contributed by atoms with E-state index < -0.39 is 0 Å². The molecule has 3 aromatic carbocycles. The van der Waals surface area contributed by atoms with Gasteiger partial charge >= 0.3 is 0 Å². The van der Waals surface area contributed by atoms with E-state index in [2.05, 4.69) is 24.3 Å². The van der Waals surface area contributed by atoms with Crippen LogP contribution >= 0.6 is 23.2 Å². The summed E-state index contributed by atoms with van der Waals surface area (Å²) in [5.41, 5.74) is 8.25. The van der Waals surface area contributed by atoms with Gasteiger partial charge in [0.15, 0.2) is 0 Å². The molecule has 0 aromatic heterocycles. The summed E-state index contributed by atoms with van der Waals surface area (Å²) >= 11 is 12.1. The molecule has 0 amide bonds. The molecule has 1 nitrogen and oxygen atoms in total. The second kappa shape index (κ2) is 5.45. The highest BCUT2D eigenvalue weighted by molar-refractivity contribution is 6.35. The van der Waals surface area contributed by atoms with Gasteiger partial charge in [0.25, 0.3) is 0 Å². The minimum atomic E-state index is -0.260. The lowest BCUT2D eigenvalue weighted by Crippen LogP contribution is -2.12. The third-order valence-electron chi connectivity index (χ3n) is 3.43. The maximum atomic E-state index is 6.33. The van der Waals surface area contributed by atoms with E-state index in [0.717, 1.165) is 11.1 Å². The van der Waals surface area contributed by atoms with Crippen LogP contribution in [0.5, 0.6) is 0 Å². The van der Waals surface area contributed by atoms with Crippen molar-refractivity contribution in [1.29, 1.82) is 0 Å². The van der Waals surface area contributed by atoms with Gasteiger partial charge in [-0.3, -0.25) is 0 Å². The summed E-state index contributed by atoms with van der Waals surface area (Å²) in [7, 11) is 0. The van der Waals surface area contributed by atoms with Crippen LogP contribution in [0.3, 0.4) is 0 Å². The summed E-state index contributed by atoms with van der Waals surface area (Å²) in [6, 6.07) is 19.6. The average molecular weight is 302 g/mol. The van der Waals surface area contributed by atoms with Gasteiger partial charge in [0.2, 0.25) is 0 Å². The number of fused-ring (bicyclic) bond motifs is 1. The van der Waals surface area contributed by atoms with E-state index in [1.807, 2.05) is 30.3 Å². The van der Waals surface area contributed by atoms with Crippen LogP contribution in [0.15, 0.2) is 60.7 Å². The maximum Gasteiger partial charge on any atom is 0.0566 e. The summed E-state index contributed by atoms with van der Waals surface area (Å²) in [5.74, 6) is 0. The molecule has 20 heavy (non-hydrogen) atoms. The Morgan fingerprint density at radius 3 is 2.30 bits per heavy atom. The van der Waals surface area contributed by atoms with Crippen LogP contribution in [0, 0.1) is 0 Å².